The van der Waals surface area contributed by atoms with E-state index in [2.05, 4.69) is 10.0 Å². The lowest BCUT2D eigenvalue weighted by Crippen LogP contribution is -2.40. The molecule has 7 nitrogen and oxygen atoms in total. The Morgan fingerprint density at radius 1 is 1.08 bits per heavy atom. The number of benzene rings is 1. The van der Waals surface area contributed by atoms with Crippen LogP contribution < -0.4 is 10.0 Å². The molecule has 1 amide bonds. The van der Waals surface area contributed by atoms with Gasteiger partial charge in [-0.1, -0.05) is 0 Å². The number of aliphatic carboxylic acids is 1. The van der Waals surface area contributed by atoms with Gasteiger partial charge in [0.2, 0.25) is 15.9 Å². The molecule has 1 aromatic rings. The van der Waals surface area contributed by atoms with Crippen molar-refractivity contribution >= 4 is 27.6 Å². The summed E-state index contributed by atoms with van der Waals surface area (Å²) in [7, 11) is -4.26. The molecule has 1 rings (SSSR count). The number of nitrogens with one attached hydrogen (secondary N) is 2. The molecule has 0 aromatic heterocycles. The lowest BCUT2D eigenvalue weighted by Gasteiger charge is -2.21. The molecule has 1 aromatic carbocycles. The maximum atomic E-state index is 13.9. The number of unbranched alkanes of at least 4 members (excludes halogenated alkanes) is 1. The van der Waals surface area contributed by atoms with Crippen LogP contribution in [0.4, 0.5) is 14.5 Å². The Bertz CT molecular complexity index is 789. The number of carboxylic acid groups (broad SMARTS) is 1. The van der Waals surface area contributed by atoms with Crippen LogP contribution in [-0.4, -0.2) is 30.9 Å². The van der Waals surface area contributed by atoms with Crippen LogP contribution in [0.5, 0.6) is 0 Å². The minimum atomic E-state index is -4.26. The van der Waals surface area contributed by atoms with Crippen molar-refractivity contribution in [1.82, 2.24) is 4.72 Å². The van der Waals surface area contributed by atoms with Gasteiger partial charge in [-0.05, 0) is 39.7 Å². The highest BCUT2D eigenvalue weighted by molar-refractivity contribution is 7.89. The minimum Gasteiger partial charge on any atom is -0.481 e. The van der Waals surface area contributed by atoms with E-state index >= 15 is 0 Å². The number of hydrogen-bond acceptors (Lipinski definition) is 4. The van der Waals surface area contributed by atoms with Crippen molar-refractivity contribution in [2.24, 2.45) is 0 Å². The molecule has 0 aliphatic heterocycles. The third-order valence-corrected chi connectivity index (χ3v) is 4.84. The van der Waals surface area contributed by atoms with Gasteiger partial charge in [-0.25, -0.2) is 21.9 Å². The van der Waals surface area contributed by atoms with Crippen LogP contribution in [-0.2, 0) is 19.6 Å². The van der Waals surface area contributed by atoms with Gasteiger partial charge in [-0.15, -0.1) is 0 Å². The van der Waals surface area contributed by atoms with Crippen molar-refractivity contribution in [3.8, 4) is 0 Å². The molecule has 0 aliphatic rings. The summed E-state index contributed by atoms with van der Waals surface area (Å²) >= 11 is 0. The molecule has 0 unspecified atom stereocenters. The van der Waals surface area contributed by atoms with Crippen molar-refractivity contribution in [2.75, 3.05) is 5.32 Å². The highest BCUT2D eigenvalue weighted by Gasteiger charge is 2.26. The largest absolute Gasteiger partial charge is 0.481 e. The van der Waals surface area contributed by atoms with E-state index in [0.717, 1.165) is 0 Å². The van der Waals surface area contributed by atoms with E-state index in [4.69, 9.17) is 5.11 Å². The van der Waals surface area contributed by atoms with Gasteiger partial charge in [0.25, 0.3) is 0 Å². The second kappa shape index (κ2) is 8.54. The van der Waals surface area contributed by atoms with E-state index < -0.39 is 49.7 Å². The van der Waals surface area contributed by atoms with Gasteiger partial charge in [0.1, 0.15) is 16.5 Å². The SMILES string of the molecule is CC(C)(C)NS(=O)(=O)c1cc(NC(=O)CCCCC(=O)O)c(F)cc1F. The second-order valence-corrected chi connectivity index (χ2v) is 8.42. The Morgan fingerprint density at radius 3 is 2.19 bits per heavy atom. The van der Waals surface area contributed by atoms with Crippen molar-refractivity contribution in [1.29, 1.82) is 0 Å². The Labute approximate surface area is 150 Å². The number of carbonyl (C=O) groups is 2. The molecular formula is C16H22F2N2O5S. The zero-order valence-electron chi connectivity index (χ0n) is 14.7. The average Bonchev–Trinajstić information content (AvgIpc) is 2.43. The molecule has 0 radical (unpaired) electrons. The summed E-state index contributed by atoms with van der Waals surface area (Å²) in [6, 6.07) is 1.10. The first kappa shape index (κ1) is 22.0. The molecule has 0 saturated carbocycles. The second-order valence-electron chi connectivity index (χ2n) is 6.77. The van der Waals surface area contributed by atoms with E-state index in [1.807, 2.05) is 0 Å². The van der Waals surface area contributed by atoms with Gasteiger partial charge >= 0.3 is 5.97 Å². The van der Waals surface area contributed by atoms with Crippen LogP contribution in [0.1, 0.15) is 46.5 Å². The summed E-state index contributed by atoms with van der Waals surface area (Å²) in [6.45, 7) is 4.68. The van der Waals surface area contributed by atoms with Crippen LogP contribution in [0.15, 0.2) is 17.0 Å². The first-order valence-electron chi connectivity index (χ1n) is 7.86. The third-order valence-electron chi connectivity index (χ3n) is 3.07. The number of anilines is 1. The summed E-state index contributed by atoms with van der Waals surface area (Å²) in [4.78, 5) is 21.4. The molecule has 0 fully saturated rings. The summed E-state index contributed by atoms with van der Waals surface area (Å²) < 4.78 is 54.5. The van der Waals surface area contributed by atoms with E-state index in [9.17, 15) is 26.8 Å². The Balaban J connectivity index is 2.94. The molecule has 0 aliphatic carbocycles. The topological polar surface area (TPSA) is 113 Å². The fourth-order valence-corrected chi connectivity index (χ4v) is 3.57. The van der Waals surface area contributed by atoms with Gasteiger partial charge in [0.05, 0.1) is 5.69 Å². The van der Waals surface area contributed by atoms with Crippen LogP contribution in [0.2, 0.25) is 0 Å². The van der Waals surface area contributed by atoms with Gasteiger partial charge in [0, 0.05) is 24.4 Å². The minimum absolute atomic E-state index is 0.0770. The maximum Gasteiger partial charge on any atom is 0.303 e. The van der Waals surface area contributed by atoms with E-state index in [1.165, 1.54) is 0 Å². The molecule has 0 heterocycles. The number of sulfonamides is 1. The van der Waals surface area contributed by atoms with E-state index in [1.54, 1.807) is 20.8 Å². The quantitative estimate of drug-likeness (QED) is 0.589. The van der Waals surface area contributed by atoms with Crippen LogP contribution in [0, 0.1) is 11.6 Å². The van der Waals surface area contributed by atoms with Gasteiger partial charge in [-0.2, -0.15) is 0 Å². The summed E-state index contributed by atoms with van der Waals surface area (Å²) in [5.74, 6) is -4.01. The van der Waals surface area contributed by atoms with Crippen molar-refractivity contribution in [2.45, 2.75) is 56.9 Å². The third kappa shape index (κ3) is 7.04. The molecule has 146 valence electrons. The molecule has 0 spiro atoms. The van der Waals surface area contributed by atoms with Gasteiger partial charge < -0.3 is 10.4 Å². The monoisotopic (exact) mass is 392 g/mol. The Kier molecular flexibility index (Phi) is 7.22. The fraction of sp³-hybridized carbons (Fsp3) is 0.500. The molecule has 0 bridgehead atoms. The Morgan fingerprint density at radius 2 is 1.65 bits per heavy atom. The van der Waals surface area contributed by atoms with Crippen LogP contribution in [0.3, 0.4) is 0 Å². The fourth-order valence-electron chi connectivity index (χ4n) is 2.06. The van der Waals surface area contributed by atoms with E-state index in [-0.39, 0.29) is 25.7 Å². The molecule has 10 heteroatoms. The van der Waals surface area contributed by atoms with Crippen LogP contribution >= 0.6 is 0 Å². The lowest BCUT2D eigenvalue weighted by molar-refractivity contribution is -0.137. The number of amides is 1. The van der Waals surface area contributed by atoms with Gasteiger partial charge in [-0.3, -0.25) is 9.59 Å². The van der Waals surface area contributed by atoms with E-state index in [0.29, 0.717) is 12.1 Å². The summed E-state index contributed by atoms with van der Waals surface area (Å²) in [6.07, 6.45) is 0.354. The number of carboxylic acids is 1. The predicted octanol–water partition coefficient (Wildman–Crippen LogP) is 2.63. The van der Waals surface area contributed by atoms with Crippen molar-refractivity contribution < 1.29 is 31.9 Å². The standard InChI is InChI=1S/C16H22F2N2O5S/c1-16(2,3)20-26(24,25)13-9-12(10(17)8-11(13)18)19-14(21)6-4-5-7-15(22)23/h8-9,20H,4-7H2,1-3H3,(H,19,21)(H,22,23). The Hall–Kier alpha value is -2.07. The first-order valence-corrected chi connectivity index (χ1v) is 9.35. The average molecular weight is 392 g/mol. The number of rotatable bonds is 8. The molecule has 3 N–H and O–H groups in total. The van der Waals surface area contributed by atoms with Gasteiger partial charge in [0.15, 0.2) is 0 Å². The number of hydrogen-bond donors (Lipinski definition) is 3. The van der Waals surface area contributed by atoms with Crippen molar-refractivity contribution in [3.63, 3.8) is 0 Å². The summed E-state index contributed by atoms with van der Waals surface area (Å²) in [5, 5.41) is 10.7. The zero-order chi connectivity index (χ0) is 20.1. The first-order chi connectivity index (χ1) is 11.8. The lowest BCUT2D eigenvalue weighted by atomic mass is 10.1. The highest BCUT2D eigenvalue weighted by atomic mass is 32.2. The molecule has 0 saturated heterocycles. The maximum absolute atomic E-state index is 13.9. The van der Waals surface area contributed by atoms with Crippen molar-refractivity contribution in [3.05, 3.63) is 23.8 Å². The number of halogens is 2. The number of carbonyl (C=O) groups excluding carboxylic acids is 1. The predicted molar refractivity (Wildman–Crippen MR) is 91.2 cm³/mol. The molecular weight excluding hydrogens is 370 g/mol. The molecule has 26 heavy (non-hydrogen) atoms. The highest BCUT2D eigenvalue weighted by Crippen LogP contribution is 2.24. The summed E-state index contributed by atoms with van der Waals surface area (Å²) in [5.41, 5.74) is -1.35. The van der Waals surface area contributed by atoms with Crippen LogP contribution in [0.25, 0.3) is 0 Å². The molecule has 0 atom stereocenters. The zero-order valence-corrected chi connectivity index (χ0v) is 15.5. The normalized spacial score (nSPS) is 12.0. The smallest absolute Gasteiger partial charge is 0.303 e.